The second-order valence-corrected chi connectivity index (χ2v) is 3.62. The van der Waals surface area contributed by atoms with Gasteiger partial charge in [-0.3, -0.25) is 0 Å². The third kappa shape index (κ3) is 4.91. The zero-order chi connectivity index (χ0) is 9.52. The standard InChI is InChI=1S/C11H15ClO/c1-10(12)13-9-5-8-11-6-3-2-4-7-11/h2-4,6-7,10H,5,8-9H2,1H3. The van der Waals surface area contributed by atoms with Crippen LogP contribution >= 0.6 is 11.6 Å². The minimum atomic E-state index is -0.171. The summed E-state index contributed by atoms with van der Waals surface area (Å²) in [5.41, 5.74) is 1.18. The molecule has 0 aliphatic carbocycles. The first-order valence-electron chi connectivity index (χ1n) is 4.58. The monoisotopic (exact) mass is 198 g/mol. The molecule has 0 saturated heterocycles. The van der Waals surface area contributed by atoms with Gasteiger partial charge >= 0.3 is 0 Å². The van der Waals surface area contributed by atoms with Gasteiger partial charge in [-0.05, 0) is 25.3 Å². The molecule has 0 aliphatic heterocycles. The van der Waals surface area contributed by atoms with Crippen molar-refractivity contribution in [1.29, 1.82) is 0 Å². The van der Waals surface area contributed by atoms with Gasteiger partial charge in [0.25, 0.3) is 0 Å². The molecular weight excluding hydrogens is 184 g/mol. The van der Waals surface area contributed by atoms with Crippen LogP contribution in [0.15, 0.2) is 30.3 Å². The molecule has 0 saturated carbocycles. The van der Waals surface area contributed by atoms with E-state index in [2.05, 4.69) is 24.3 Å². The topological polar surface area (TPSA) is 9.23 Å². The predicted octanol–water partition coefficient (Wildman–Crippen LogP) is 3.22. The van der Waals surface area contributed by atoms with Crippen LogP contribution in [-0.2, 0) is 11.2 Å². The predicted molar refractivity (Wildman–Crippen MR) is 56.0 cm³/mol. The van der Waals surface area contributed by atoms with Gasteiger partial charge in [-0.2, -0.15) is 0 Å². The lowest BCUT2D eigenvalue weighted by molar-refractivity contribution is 0.117. The molecule has 1 nitrogen and oxygen atoms in total. The number of ether oxygens (including phenoxy) is 1. The molecule has 0 fully saturated rings. The maximum absolute atomic E-state index is 5.64. The summed E-state index contributed by atoms with van der Waals surface area (Å²) in [6.45, 7) is 2.57. The molecule has 2 heteroatoms. The van der Waals surface area contributed by atoms with Crippen molar-refractivity contribution in [3.63, 3.8) is 0 Å². The van der Waals surface area contributed by atoms with E-state index in [1.807, 2.05) is 13.0 Å². The number of benzene rings is 1. The minimum absolute atomic E-state index is 0.171. The molecule has 0 heterocycles. The Hall–Kier alpha value is -0.530. The number of halogens is 1. The van der Waals surface area contributed by atoms with Gasteiger partial charge in [0.1, 0.15) is 5.56 Å². The average molecular weight is 199 g/mol. The fourth-order valence-corrected chi connectivity index (χ4v) is 1.26. The van der Waals surface area contributed by atoms with Crippen molar-refractivity contribution in [2.24, 2.45) is 0 Å². The smallest absolute Gasteiger partial charge is 0.128 e. The summed E-state index contributed by atoms with van der Waals surface area (Å²) in [6, 6.07) is 10.4. The quantitative estimate of drug-likeness (QED) is 0.522. The lowest BCUT2D eigenvalue weighted by Gasteiger charge is -2.05. The van der Waals surface area contributed by atoms with Gasteiger partial charge in [0, 0.05) is 6.61 Å². The third-order valence-electron chi connectivity index (χ3n) is 1.80. The highest BCUT2D eigenvalue weighted by Crippen LogP contribution is 2.04. The van der Waals surface area contributed by atoms with E-state index >= 15 is 0 Å². The summed E-state index contributed by atoms with van der Waals surface area (Å²) in [4.78, 5) is 0. The van der Waals surface area contributed by atoms with Gasteiger partial charge in [-0.25, -0.2) is 0 Å². The molecule has 0 aromatic heterocycles. The minimum Gasteiger partial charge on any atom is -0.363 e. The zero-order valence-corrected chi connectivity index (χ0v) is 8.63. The van der Waals surface area contributed by atoms with Crippen LogP contribution in [0.25, 0.3) is 0 Å². The van der Waals surface area contributed by atoms with Crippen LogP contribution in [0.2, 0.25) is 0 Å². The van der Waals surface area contributed by atoms with Gasteiger partial charge in [-0.15, -0.1) is 0 Å². The van der Waals surface area contributed by atoms with E-state index in [4.69, 9.17) is 16.3 Å². The second-order valence-electron chi connectivity index (χ2n) is 3.00. The fraction of sp³-hybridized carbons (Fsp3) is 0.455. The van der Waals surface area contributed by atoms with Gasteiger partial charge < -0.3 is 4.74 Å². The lowest BCUT2D eigenvalue weighted by Crippen LogP contribution is -2.02. The molecule has 1 rings (SSSR count). The Morgan fingerprint density at radius 2 is 2.00 bits per heavy atom. The molecule has 0 N–H and O–H groups in total. The molecule has 1 aromatic carbocycles. The number of rotatable bonds is 5. The highest BCUT2D eigenvalue weighted by molar-refractivity contribution is 6.19. The third-order valence-corrected chi connectivity index (χ3v) is 1.93. The summed E-state index contributed by atoms with van der Waals surface area (Å²) < 4.78 is 5.23. The largest absolute Gasteiger partial charge is 0.363 e. The van der Waals surface area contributed by atoms with E-state index in [1.54, 1.807) is 0 Å². The molecule has 0 spiro atoms. The van der Waals surface area contributed by atoms with Gasteiger partial charge in [0.15, 0.2) is 0 Å². The maximum atomic E-state index is 5.64. The Kier molecular flexibility index (Phi) is 4.87. The Bertz CT molecular complexity index is 221. The molecule has 1 unspecified atom stereocenters. The highest BCUT2D eigenvalue weighted by Gasteiger charge is 1.95. The molecular formula is C11H15ClO. The van der Waals surface area contributed by atoms with E-state index in [0.717, 1.165) is 19.4 Å². The SMILES string of the molecule is CC(Cl)OCCCc1ccccc1. The van der Waals surface area contributed by atoms with Crippen LogP contribution in [0, 0.1) is 0 Å². The first-order valence-corrected chi connectivity index (χ1v) is 5.02. The van der Waals surface area contributed by atoms with Gasteiger partial charge in [-0.1, -0.05) is 41.9 Å². The summed E-state index contributed by atoms with van der Waals surface area (Å²) in [6.07, 6.45) is 2.09. The first-order chi connectivity index (χ1) is 6.29. The number of hydrogen-bond acceptors (Lipinski definition) is 1. The maximum Gasteiger partial charge on any atom is 0.128 e. The molecule has 0 amide bonds. The number of aryl methyl sites for hydroxylation is 1. The van der Waals surface area contributed by atoms with Gasteiger partial charge in [0.05, 0.1) is 0 Å². The molecule has 72 valence electrons. The van der Waals surface area contributed by atoms with Crippen LogP contribution < -0.4 is 0 Å². The molecule has 1 atom stereocenters. The van der Waals surface area contributed by atoms with Crippen molar-refractivity contribution in [2.75, 3.05) is 6.61 Å². The Balaban J connectivity index is 2.13. The van der Waals surface area contributed by atoms with E-state index in [9.17, 15) is 0 Å². The summed E-state index contributed by atoms with van der Waals surface area (Å²) in [7, 11) is 0. The van der Waals surface area contributed by atoms with Crippen LogP contribution in [-0.4, -0.2) is 12.2 Å². The number of hydrogen-bond donors (Lipinski definition) is 0. The van der Waals surface area contributed by atoms with E-state index in [1.165, 1.54) is 5.56 Å². The zero-order valence-electron chi connectivity index (χ0n) is 7.87. The van der Waals surface area contributed by atoms with Crippen molar-refractivity contribution < 1.29 is 4.74 Å². The van der Waals surface area contributed by atoms with E-state index in [0.29, 0.717) is 0 Å². The lowest BCUT2D eigenvalue weighted by atomic mass is 10.1. The molecule has 1 aromatic rings. The second kappa shape index (κ2) is 6.01. The summed E-state index contributed by atoms with van der Waals surface area (Å²) in [5.74, 6) is 0. The Labute approximate surface area is 84.7 Å². The van der Waals surface area contributed by atoms with Crippen molar-refractivity contribution >= 4 is 11.6 Å². The Morgan fingerprint density at radius 3 is 2.62 bits per heavy atom. The molecule has 13 heavy (non-hydrogen) atoms. The van der Waals surface area contributed by atoms with Crippen molar-refractivity contribution in [1.82, 2.24) is 0 Å². The first kappa shape index (κ1) is 10.6. The fourth-order valence-electron chi connectivity index (χ4n) is 1.17. The normalized spacial score (nSPS) is 12.8. The molecule has 0 aliphatic rings. The van der Waals surface area contributed by atoms with Crippen LogP contribution in [0.1, 0.15) is 18.9 Å². The van der Waals surface area contributed by atoms with E-state index in [-0.39, 0.29) is 5.56 Å². The van der Waals surface area contributed by atoms with Crippen LogP contribution in [0.4, 0.5) is 0 Å². The van der Waals surface area contributed by atoms with Crippen LogP contribution in [0.3, 0.4) is 0 Å². The van der Waals surface area contributed by atoms with Crippen molar-refractivity contribution in [3.05, 3.63) is 35.9 Å². The summed E-state index contributed by atoms with van der Waals surface area (Å²) in [5, 5.41) is 0. The van der Waals surface area contributed by atoms with Gasteiger partial charge in [0.2, 0.25) is 0 Å². The van der Waals surface area contributed by atoms with Crippen molar-refractivity contribution in [2.45, 2.75) is 25.3 Å². The Morgan fingerprint density at radius 1 is 1.31 bits per heavy atom. The summed E-state index contributed by atoms with van der Waals surface area (Å²) >= 11 is 5.64. The average Bonchev–Trinajstić information content (AvgIpc) is 2.14. The van der Waals surface area contributed by atoms with Crippen molar-refractivity contribution in [3.8, 4) is 0 Å². The van der Waals surface area contributed by atoms with Crippen LogP contribution in [0.5, 0.6) is 0 Å². The highest BCUT2D eigenvalue weighted by atomic mass is 35.5. The number of alkyl halides is 1. The molecule has 0 radical (unpaired) electrons. The molecule has 0 bridgehead atoms. The van der Waals surface area contributed by atoms with E-state index < -0.39 is 0 Å².